The van der Waals surface area contributed by atoms with Crippen LogP contribution in [0.3, 0.4) is 0 Å². The number of nitrogens with zero attached hydrogens (tertiary/aromatic N) is 2. The van der Waals surface area contributed by atoms with E-state index in [0.717, 1.165) is 5.56 Å². The molecule has 0 saturated carbocycles. The van der Waals surface area contributed by atoms with Gasteiger partial charge in [0.1, 0.15) is 0 Å². The molecule has 3 rings (SSSR count). The first-order chi connectivity index (χ1) is 13.4. The highest BCUT2D eigenvalue weighted by molar-refractivity contribution is 7.92. The third-order valence-electron chi connectivity index (χ3n) is 3.98. The highest BCUT2D eigenvalue weighted by atomic mass is 32.2. The summed E-state index contributed by atoms with van der Waals surface area (Å²) >= 11 is 0. The molecule has 0 aliphatic carbocycles. The molecule has 8 nitrogen and oxygen atoms in total. The van der Waals surface area contributed by atoms with E-state index in [4.69, 9.17) is 5.73 Å². The van der Waals surface area contributed by atoms with Crippen molar-refractivity contribution in [1.29, 1.82) is 0 Å². The second kappa shape index (κ2) is 8.05. The number of carbonyl (C=O) groups is 1. The SMILES string of the molecule is CCS(=O)(=O)Nc1cccc2nc(-c3ccccc3)cc(N=C(N)NC=O)c12. The summed E-state index contributed by atoms with van der Waals surface area (Å²) in [5.74, 6) is -0.193. The normalized spacial score (nSPS) is 12.0. The zero-order valence-corrected chi connectivity index (χ0v) is 15.9. The van der Waals surface area contributed by atoms with Gasteiger partial charge in [-0.25, -0.2) is 18.4 Å². The predicted molar refractivity (Wildman–Crippen MR) is 111 cm³/mol. The van der Waals surface area contributed by atoms with Gasteiger partial charge >= 0.3 is 0 Å². The van der Waals surface area contributed by atoms with Crippen LogP contribution < -0.4 is 15.8 Å². The van der Waals surface area contributed by atoms with Crippen LogP contribution in [-0.2, 0) is 14.8 Å². The Morgan fingerprint density at radius 1 is 1.18 bits per heavy atom. The number of anilines is 1. The minimum atomic E-state index is -3.51. The maximum absolute atomic E-state index is 12.1. The molecule has 0 radical (unpaired) electrons. The number of sulfonamides is 1. The number of nitrogens with two attached hydrogens (primary N) is 1. The lowest BCUT2D eigenvalue weighted by molar-refractivity contribution is -0.108. The second-order valence-corrected chi connectivity index (χ2v) is 7.87. The van der Waals surface area contributed by atoms with E-state index in [9.17, 15) is 13.2 Å². The molecule has 0 unspecified atom stereocenters. The van der Waals surface area contributed by atoms with Crippen molar-refractivity contribution in [2.75, 3.05) is 10.5 Å². The molecule has 0 atom stereocenters. The molecule has 0 spiro atoms. The van der Waals surface area contributed by atoms with Crippen molar-refractivity contribution in [3.05, 3.63) is 54.6 Å². The lowest BCUT2D eigenvalue weighted by Gasteiger charge is -2.13. The molecule has 1 amide bonds. The molecule has 0 fully saturated rings. The molecule has 3 aromatic rings. The Bertz CT molecular complexity index is 1140. The summed E-state index contributed by atoms with van der Waals surface area (Å²) in [6, 6.07) is 16.3. The Labute approximate surface area is 162 Å². The van der Waals surface area contributed by atoms with Crippen molar-refractivity contribution in [2.24, 2.45) is 10.7 Å². The van der Waals surface area contributed by atoms with Crippen molar-refractivity contribution < 1.29 is 13.2 Å². The number of guanidine groups is 1. The van der Waals surface area contributed by atoms with Gasteiger partial charge in [0, 0.05) is 5.56 Å². The second-order valence-electron chi connectivity index (χ2n) is 5.86. The minimum Gasteiger partial charge on any atom is -0.369 e. The van der Waals surface area contributed by atoms with Crippen molar-refractivity contribution in [1.82, 2.24) is 10.3 Å². The number of nitrogens with one attached hydrogen (secondary N) is 2. The molecule has 0 aliphatic rings. The summed E-state index contributed by atoms with van der Waals surface area (Å²) in [6.07, 6.45) is 0.418. The fourth-order valence-corrected chi connectivity index (χ4v) is 3.31. The maximum atomic E-state index is 12.1. The number of hydrogen-bond acceptors (Lipinski definition) is 5. The Balaban J connectivity index is 2.28. The zero-order valence-electron chi connectivity index (χ0n) is 15.1. The highest BCUT2D eigenvalue weighted by Crippen LogP contribution is 2.35. The third-order valence-corrected chi connectivity index (χ3v) is 5.27. The van der Waals surface area contributed by atoms with Crippen molar-refractivity contribution in [3.63, 3.8) is 0 Å². The van der Waals surface area contributed by atoms with E-state index < -0.39 is 10.0 Å². The first kappa shape index (κ1) is 19.3. The van der Waals surface area contributed by atoms with Crippen LogP contribution in [0.25, 0.3) is 22.2 Å². The van der Waals surface area contributed by atoms with Crippen LogP contribution in [0.5, 0.6) is 0 Å². The Kier molecular flexibility index (Phi) is 5.55. The van der Waals surface area contributed by atoms with Gasteiger partial charge in [0.2, 0.25) is 16.4 Å². The molecule has 1 heterocycles. The summed E-state index contributed by atoms with van der Waals surface area (Å²) in [4.78, 5) is 19.6. The van der Waals surface area contributed by atoms with Gasteiger partial charge in [0.25, 0.3) is 0 Å². The average Bonchev–Trinajstić information content (AvgIpc) is 2.68. The van der Waals surface area contributed by atoms with Crippen LogP contribution in [0.4, 0.5) is 11.4 Å². The molecule has 28 heavy (non-hydrogen) atoms. The molecule has 2 aromatic carbocycles. The van der Waals surface area contributed by atoms with Crippen molar-refractivity contribution in [3.8, 4) is 11.3 Å². The number of hydrogen-bond donors (Lipinski definition) is 3. The van der Waals surface area contributed by atoms with Crippen LogP contribution in [0, 0.1) is 0 Å². The van der Waals surface area contributed by atoms with E-state index in [1.165, 1.54) is 0 Å². The first-order valence-electron chi connectivity index (χ1n) is 8.47. The fourth-order valence-electron chi connectivity index (χ4n) is 2.66. The fraction of sp³-hybridized carbons (Fsp3) is 0.105. The highest BCUT2D eigenvalue weighted by Gasteiger charge is 2.15. The Hall–Kier alpha value is -3.46. The van der Waals surface area contributed by atoms with E-state index in [2.05, 4.69) is 20.0 Å². The van der Waals surface area contributed by atoms with Crippen LogP contribution in [-0.4, -0.2) is 31.5 Å². The van der Waals surface area contributed by atoms with Gasteiger partial charge in [0.05, 0.1) is 33.7 Å². The molecule has 144 valence electrons. The molecule has 0 saturated heterocycles. The van der Waals surface area contributed by atoms with Crippen LogP contribution >= 0.6 is 0 Å². The number of aliphatic imine (C=N–C) groups is 1. The predicted octanol–water partition coefficient (Wildman–Crippen LogP) is 2.36. The van der Waals surface area contributed by atoms with Crippen molar-refractivity contribution in [2.45, 2.75) is 6.92 Å². The first-order valence-corrected chi connectivity index (χ1v) is 10.1. The van der Waals surface area contributed by atoms with E-state index >= 15 is 0 Å². The van der Waals surface area contributed by atoms with Crippen molar-refractivity contribution >= 4 is 44.7 Å². The summed E-state index contributed by atoms with van der Waals surface area (Å²) in [5.41, 5.74) is 8.51. The minimum absolute atomic E-state index is 0.0770. The van der Waals surface area contributed by atoms with E-state index in [0.29, 0.717) is 34.4 Å². The van der Waals surface area contributed by atoms with Gasteiger partial charge in [-0.2, -0.15) is 0 Å². The van der Waals surface area contributed by atoms with Crippen LogP contribution in [0.1, 0.15) is 6.92 Å². The monoisotopic (exact) mass is 397 g/mol. The van der Waals surface area contributed by atoms with Crippen LogP contribution in [0.15, 0.2) is 59.6 Å². The standard InChI is InChI=1S/C19H19N5O3S/c1-2-28(26,27)24-15-10-6-9-14-18(15)17(23-19(20)21-12-25)11-16(22-14)13-7-4-3-5-8-13/h3-12,24H,2H2,1H3,(H3,20,21,22,23,25). The van der Waals surface area contributed by atoms with Gasteiger partial charge in [-0.05, 0) is 25.1 Å². The van der Waals surface area contributed by atoms with Crippen LogP contribution in [0.2, 0.25) is 0 Å². The molecular formula is C19H19N5O3S. The van der Waals surface area contributed by atoms with Gasteiger partial charge in [-0.3, -0.25) is 14.8 Å². The zero-order chi connectivity index (χ0) is 20.1. The Morgan fingerprint density at radius 2 is 1.93 bits per heavy atom. The lowest BCUT2D eigenvalue weighted by Crippen LogP contribution is -2.29. The quantitative estimate of drug-likeness (QED) is 0.334. The summed E-state index contributed by atoms with van der Waals surface area (Å²) in [5, 5.41) is 2.77. The Morgan fingerprint density at radius 3 is 2.61 bits per heavy atom. The number of fused-ring (bicyclic) bond motifs is 1. The molecular weight excluding hydrogens is 378 g/mol. The molecule has 0 aliphatic heterocycles. The molecule has 4 N–H and O–H groups in total. The van der Waals surface area contributed by atoms with Gasteiger partial charge < -0.3 is 5.73 Å². The van der Waals surface area contributed by atoms with Gasteiger partial charge in [-0.15, -0.1) is 0 Å². The molecule has 9 heteroatoms. The number of carbonyl (C=O) groups excluding carboxylic acids is 1. The smallest absolute Gasteiger partial charge is 0.232 e. The topological polar surface area (TPSA) is 127 Å². The number of rotatable bonds is 6. The third kappa shape index (κ3) is 4.26. The van der Waals surface area contributed by atoms with E-state index in [1.807, 2.05) is 30.3 Å². The number of amides is 1. The largest absolute Gasteiger partial charge is 0.369 e. The van der Waals surface area contributed by atoms with Gasteiger partial charge in [-0.1, -0.05) is 36.4 Å². The molecule has 0 bridgehead atoms. The number of pyridine rings is 1. The van der Waals surface area contributed by atoms with E-state index in [1.54, 1.807) is 31.2 Å². The number of benzene rings is 2. The summed E-state index contributed by atoms with van der Waals surface area (Å²) in [6.45, 7) is 1.55. The summed E-state index contributed by atoms with van der Waals surface area (Å²) < 4.78 is 26.7. The lowest BCUT2D eigenvalue weighted by atomic mass is 10.1. The van der Waals surface area contributed by atoms with E-state index in [-0.39, 0.29) is 11.7 Å². The summed E-state index contributed by atoms with van der Waals surface area (Å²) in [7, 11) is -3.51. The molecule has 1 aromatic heterocycles. The maximum Gasteiger partial charge on any atom is 0.232 e. The average molecular weight is 397 g/mol. The van der Waals surface area contributed by atoms with Gasteiger partial charge in [0.15, 0.2) is 5.96 Å². The number of aromatic nitrogens is 1.